The molecule has 3 rings (SSSR count). The van der Waals surface area contributed by atoms with Crippen LogP contribution in [0.15, 0.2) is 40.8 Å². The molecule has 2 aromatic heterocycles. The number of carbonyl (C=O) groups excluding carboxylic acids is 1. The van der Waals surface area contributed by atoms with Gasteiger partial charge in [0.2, 0.25) is 0 Å². The highest BCUT2D eigenvalue weighted by Gasteiger charge is 2.18. The summed E-state index contributed by atoms with van der Waals surface area (Å²) in [7, 11) is 0. The van der Waals surface area contributed by atoms with E-state index in [0.29, 0.717) is 10.4 Å². The van der Waals surface area contributed by atoms with E-state index in [-0.39, 0.29) is 35.2 Å². The molecular weight excluding hydrogens is 344 g/mol. The molecule has 0 saturated heterocycles. The van der Waals surface area contributed by atoms with E-state index in [1.165, 1.54) is 34.4 Å². The van der Waals surface area contributed by atoms with E-state index in [1.807, 2.05) is 0 Å². The Kier molecular flexibility index (Phi) is 4.62. The molecule has 0 unspecified atom stereocenters. The molecule has 128 valence electrons. The van der Waals surface area contributed by atoms with Crippen LogP contribution >= 0.6 is 11.3 Å². The van der Waals surface area contributed by atoms with Crippen LogP contribution in [0, 0.1) is 0 Å². The third-order valence-electron chi connectivity index (χ3n) is 3.58. The summed E-state index contributed by atoms with van der Waals surface area (Å²) in [5.41, 5.74) is 0.626. The van der Waals surface area contributed by atoms with E-state index in [4.69, 9.17) is 9.84 Å². The predicted molar refractivity (Wildman–Crippen MR) is 92.3 cm³/mol. The zero-order valence-corrected chi connectivity index (χ0v) is 14.1. The summed E-state index contributed by atoms with van der Waals surface area (Å²) in [5.74, 6) is -1.59. The monoisotopic (exact) mass is 358 g/mol. The maximum Gasteiger partial charge on any atom is 0.339 e. The second-order valence-corrected chi connectivity index (χ2v) is 6.09. The largest absolute Gasteiger partial charge is 0.478 e. The topological polar surface area (TPSA) is 98.5 Å². The Morgan fingerprint density at radius 1 is 1.36 bits per heavy atom. The van der Waals surface area contributed by atoms with Gasteiger partial charge in [-0.1, -0.05) is 12.1 Å². The Bertz CT molecular complexity index is 1020. The molecule has 0 aliphatic carbocycles. The van der Waals surface area contributed by atoms with Gasteiger partial charge in [0.15, 0.2) is 0 Å². The Morgan fingerprint density at radius 3 is 2.88 bits per heavy atom. The van der Waals surface area contributed by atoms with Gasteiger partial charge < -0.3 is 9.84 Å². The average Bonchev–Trinajstić information content (AvgIpc) is 3.03. The number of aromatic nitrogens is 2. The summed E-state index contributed by atoms with van der Waals surface area (Å²) in [5, 5.41) is 10.8. The third-order valence-corrected chi connectivity index (χ3v) is 4.47. The number of fused-ring (bicyclic) bond motifs is 1. The number of carboxylic acids is 1. The van der Waals surface area contributed by atoms with E-state index >= 15 is 0 Å². The highest BCUT2D eigenvalue weighted by Crippen LogP contribution is 2.21. The molecule has 0 spiro atoms. The Labute approximate surface area is 146 Å². The predicted octanol–water partition coefficient (Wildman–Crippen LogP) is 2.38. The van der Waals surface area contributed by atoms with Crippen molar-refractivity contribution in [1.82, 2.24) is 9.55 Å². The number of carboxylic acid groups (broad SMARTS) is 1. The lowest BCUT2D eigenvalue weighted by Crippen LogP contribution is -2.22. The number of aromatic carboxylic acids is 1. The molecule has 3 aromatic rings. The molecular formula is C17H14N2O5S. The van der Waals surface area contributed by atoms with Gasteiger partial charge in [-0.05, 0) is 24.6 Å². The fourth-order valence-electron chi connectivity index (χ4n) is 2.44. The lowest BCUT2D eigenvalue weighted by molar-refractivity contribution is 0.0528. The molecule has 7 nitrogen and oxygen atoms in total. The number of hydrogen-bond donors (Lipinski definition) is 1. The highest BCUT2D eigenvalue weighted by molar-refractivity contribution is 7.17. The van der Waals surface area contributed by atoms with Crippen molar-refractivity contribution in [1.29, 1.82) is 0 Å². The summed E-state index contributed by atoms with van der Waals surface area (Å²) < 4.78 is 6.32. The molecule has 0 bridgehead atoms. The van der Waals surface area contributed by atoms with Crippen molar-refractivity contribution in [3.63, 3.8) is 0 Å². The zero-order chi connectivity index (χ0) is 18.0. The van der Waals surface area contributed by atoms with Gasteiger partial charge >= 0.3 is 11.9 Å². The van der Waals surface area contributed by atoms with Crippen molar-refractivity contribution < 1.29 is 19.4 Å². The average molecular weight is 358 g/mol. The minimum Gasteiger partial charge on any atom is -0.478 e. The Balaban J connectivity index is 2.03. The summed E-state index contributed by atoms with van der Waals surface area (Å²) >= 11 is 1.20. The number of esters is 1. The van der Waals surface area contributed by atoms with Gasteiger partial charge in [-0.3, -0.25) is 9.36 Å². The van der Waals surface area contributed by atoms with Crippen molar-refractivity contribution in [3.05, 3.63) is 63.0 Å². The Morgan fingerprint density at radius 2 is 2.16 bits per heavy atom. The number of ether oxygens (including phenoxy) is 1. The summed E-state index contributed by atoms with van der Waals surface area (Å²) in [6, 6.07) is 6.32. The van der Waals surface area contributed by atoms with E-state index in [1.54, 1.807) is 24.4 Å². The van der Waals surface area contributed by atoms with Crippen LogP contribution in [0.25, 0.3) is 10.2 Å². The highest BCUT2D eigenvalue weighted by atomic mass is 32.1. The summed E-state index contributed by atoms with van der Waals surface area (Å²) in [6.07, 6.45) is 1.39. The first kappa shape index (κ1) is 16.8. The fraction of sp³-hybridized carbons (Fsp3) is 0.176. The summed E-state index contributed by atoms with van der Waals surface area (Å²) in [6.45, 7) is 2.06. The van der Waals surface area contributed by atoms with E-state index < -0.39 is 11.9 Å². The molecule has 25 heavy (non-hydrogen) atoms. The van der Waals surface area contributed by atoms with Gasteiger partial charge in [0.05, 0.1) is 36.0 Å². The lowest BCUT2D eigenvalue weighted by Gasteiger charge is -2.07. The van der Waals surface area contributed by atoms with Crippen LogP contribution in [-0.4, -0.2) is 33.2 Å². The van der Waals surface area contributed by atoms with E-state index in [9.17, 15) is 14.4 Å². The smallest absolute Gasteiger partial charge is 0.339 e. The first-order valence-electron chi connectivity index (χ1n) is 7.47. The van der Waals surface area contributed by atoms with E-state index in [0.717, 1.165) is 0 Å². The van der Waals surface area contributed by atoms with Crippen molar-refractivity contribution >= 4 is 33.5 Å². The van der Waals surface area contributed by atoms with Crippen molar-refractivity contribution in [2.24, 2.45) is 0 Å². The third kappa shape index (κ3) is 3.29. The summed E-state index contributed by atoms with van der Waals surface area (Å²) in [4.78, 5) is 40.5. The fourth-order valence-corrected chi connectivity index (χ4v) is 3.31. The maximum absolute atomic E-state index is 12.7. The molecule has 0 saturated carbocycles. The number of thiophene rings is 1. The molecule has 2 heterocycles. The quantitative estimate of drug-likeness (QED) is 0.703. The molecule has 0 atom stereocenters. The molecule has 8 heteroatoms. The normalized spacial score (nSPS) is 10.8. The maximum atomic E-state index is 12.7. The van der Waals surface area contributed by atoms with Crippen molar-refractivity contribution in [2.75, 3.05) is 6.61 Å². The first-order valence-corrected chi connectivity index (χ1v) is 8.35. The van der Waals surface area contributed by atoms with Crippen LogP contribution in [-0.2, 0) is 11.3 Å². The van der Waals surface area contributed by atoms with Crippen LogP contribution in [0.3, 0.4) is 0 Å². The minimum absolute atomic E-state index is 0.141. The standard InChI is InChI=1S/C17H14N2O5S/c1-2-24-17(23)12-8-25-14-13(12)15(20)19(9-18-14)7-10-4-3-5-11(6-10)16(21)22/h3-6,8-9H,2,7H2,1H3,(H,21,22). The van der Waals surface area contributed by atoms with Gasteiger partial charge in [-0.15, -0.1) is 11.3 Å². The molecule has 1 aromatic carbocycles. The minimum atomic E-state index is -1.04. The number of nitrogens with zero attached hydrogens (tertiary/aromatic N) is 2. The molecule has 0 radical (unpaired) electrons. The second kappa shape index (κ2) is 6.86. The zero-order valence-electron chi connectivity index (χ0n) is 13.3. The van der Waals surface area contributed by atoms with Crippen LogP contribution in [0.1, 0.15) is 33.2 Å². The lowest BCUT2D eigenvalue weighted by atomic mass is 10.1. The number of rotatable bonds is 5. The van der Waals surface area contributed by atoms with Crippen LogP contribution in [0.2, 0.25) is 0 Å². The SMILES string of the molecule is CCOC(=O)c1csc2ncn(Cc3cccc(C(=O)O)c3)c(=O)c12. The number of benzene rings is 1. The molecule has 0 aliphatic heterocycles. The molecule has 1 N–H and O–H groups in total. The van der Waals surface area contributed by atoms with Gasteiger partial charge in [-0.25, -0.2) is 14.6 Å². The van der Waals surface area contributed by atoms with Gasteiger partial charge in [-0.2, -0.15) is 0 Å². The molecule has 0 fully saturated rings. The second-order valence-electron chi connectivity index (χ2n) is 5.23. The Hall–Kier alpha value is -3.00. The van der Waals surface area contributed by atoms with Crippen LogP contribution in [0.5, 0.6) is 0 Å². The number of hydrogen-bond acceptors (Lipinski definition) is 6. The van der Waals surface area contributed by atoms with Crippen LogP contribution in [0.4, 0.5) is 0 Å². The molecule has 0 amide bonds. The first-order chi connectivity index (χ1) is 12.0. The van der Waals surface area contributed by atoms with Crippen LogP contribution < -0.4 is 5.56 Å². The van der Waals surface area contributed by atoms with Gasteiger partial charge in [0.1, 0.15) is 4.83 Å². The van der Waals surface area contributed by atoms with Gasteiger partial charge in [0, 0.05) is 5.38 Å². The molecule has 0 aliphatic rings. The number of carbonyl (C=O) groups is 2. The van der Waals surface area contributed by atoms with Crippen molar-refractivity contribution in [3.8, 4) is 0 Å². The van der Waals surface area contributed by atoms with E-state index in [2.05, 4.69) is 4.98 Å². The van der Waals surface area contributed by atoms with Gasteiger partial charge in [0.25, 0.3) is 5.56 Å². The van der Waals surface area contributed by atoms with Crippen molar-refractivity contribution in [2.45, 2.75) is 13.5 Å².